The first kappa shape index (κ1) is 23.8. The van der Waals surface area contributed by atoms with Crippen molar-refractivity contribution in [2.24, 2.45) is 18.4 Å². The zero-order valence-corrected chi connectivity index (χ0v) is 20.5. The molecule has 34 heavy (non-hydrogen) atoms. The van der Waals surface area contributed by atoms with Gasteiger partial charge < -0.3 is 19.7 Å². The van der Waals surface area contributed by atoms with Crippen LogP contribution in [-0.2, 0) is 29.6 Å². The molecule has 2 aliphatic heterocycles. The zero-order chi connectivity index (χ0) is 24.5. The van der Waals surface area contributed by atoms with E-state index in [4.69, 9.17) is 0 Å². The second-order valence-electron chi connectivity index (χ2n) is 10.6. The van der Waals surface area contributed by atoms with Crippen molar-refractivity contribution >= 4 is 17.5 Å². The van der Waals surface area contributed by atoms with E-state index in [1.54, 1.807) is 6.33 Å². The maximum atomic E-state index is 13.2. The molecule has 1 aromatic heterocycles. The van der Waals surface area contributed by atoms with Gasteiger partial charge in [0.2, 0.25) is 11.8 Å². The molecule has 2 aliphatic rings. The Morgan fingerprint density at radius 3 is 2.59 bits per heavy atom. The Labute approximate surface area is 201 Å². The van der Waals surface area contributed by atoms with Gasteiger partial charge in [-0.2, -0.15) is 5.26 Å². The summed E-state index contributed by atoms with van der Waals surface area (Å²) < 4.78 is 2.00. The van der Waals surface area contributed by atoms with E-state index in [1.165, 1.54) is 0 Å². The average molecular weight is 463 g/mol. The summed E-state index contributed by atoms with van der Waals surface area (Å²) in [4.78, 5) is 34.1. The van der Waals surface area contributed by atoms with Gasteiger partial charge in [-0.15, -0.1) is 0 Å². The van der Waals surface area contributed by atoms with Crippen molar-refractivity contribution in [2.45, 2.75) is 52.6 Å². The number of carbonyl (C=O) groups excluding carboxylic acids is 2. The van der Waals surface area contributed by atoms with Crippen molar-refractivity contribution in [3.8, 4) is 6.07 Å². The molecule has 0 radical (unpaired) electrons. The fraction of sp³-hybridized carbons (Fsp3) is 0.538. The number of carbonyl (C=O) groups is 2. The number of nitrogens with zero attached hydrogens (tertiary/aromatic N) is 5. The van der Waals surface area contributed by atoms with Gasteiger partial charge in [-0.3, -0.25) is 9.59 Å². The predicted molar refractivity (Wildman–Crippen MR) is 130 cm³/mol. The molecule has 8 nitrogen and oxygen atoms in total. The fourth-order valence-electron chi connectivity index (χ4n) is 4.94. The summed E-state index contributed by atoms with van der Waals surface area (Å²) >= 11 is 0. The van der Waals surface area contributed by atoms with E-state index < -0.39 is 5.41 Å². The first-order valence-corrected chi connectivity index (χ1v) is 12.0. The van der Waals surface area contributed by atoms with E-state index >= 15 is 0 Å². The number of imidazole rings is 1. The molecular weight excluding hydrogens is 428 g/mol. The van der Waals surface area contributed by atoms with Crippen LogP contribution in [0.2, 0.25) is 0 Å². The van der Waals surface area contributed by atoms with Crippen LogP contribution in [-0.4, -0.2) is 51.9 Å². The Kier molecular flexibility index (Phi) is 6.65. The van der Waals surface area contributed by atoms with E-state index in [-0.39, 0.29) is 23.8 Å². The number of nitrogens with one attached hydrogen (secondary N) is 1. The van der Waals surface area contributed by atoms with E-state index in [0.29, 0.717) is 51.0 Å². The number of piperidine rings is 1. The van der Waals surface area contributed by atoms with Gasteiger partial charge in [0, 0.05) is 49.9 Å². The smallest absolute Gasteiger partial charge is 0.227 e. The summed E-state index contributed by atoms with van der Waals surface area (Å²) in [7, 11) is 1.97. The van der Waals surface area contributed by atoms with Crippen LogP contribution in [0.3, 0.4) is 0 Å². The molecule has 0 saturated carbocycles. The maximum absolute atomic E-state index is 13.2. The molecule has 1 saturated heterocycles. The van der Waals surface area contributed by atoms with Gasteiger partial charge in [-0.05, 0) is 43.0 Å². The molecule has 1 fully saturated rings. The van der Waals surface area contributed by atoms with Gasteiger partial charge in [-0.1, -0.05) is 20.8 Å². The second kappa shape index (κ2) is 9.49. The fourth-order valence-corrected chi connectivity index (χ4v) is 4.94. The molecule has 1 aromatic carbocycles. The average Bonchev–Trinajstić information content (AvgIpc) is 3.21. The van der Waals surface area contributed by atoms with Gasteiger partial charge in [-0.25, -0.2) is 4.98 Å². The topological polar surface area (TPSA) is 94.3 Å². The Morgan fingerprint density at radius 2 is 1.97 bits per heavy atom. The van der Waals surface area contributed by atoms with Crippen LogP contribution in [0.5, 0.6) is 0 Å². The Hall–Kier alpha value is -3.34. The van der Waals surface area contributed by atoms with Crippen LogP contribution < -0.4 is 10.2 Å². The molecule has 1 atom stereocenters. The highest BCUT2D eigenvalue weighted by Gasteiger charge is 2.34. The number of rotatable bonds is 4. The normalized spacial score (nSPS) is 18.9. The number of nitriles is 1. The second-order valence-corrected chi connectivity index (χ2v) is 10.6. The molecule has 1 unspecified atom stereocenters. The summed E-state index contributed by atoms with van der Waals surface area (Å²) in [5.41, 5.74) is 3.48. The molecule has 180 valence electrons. The zero-order valence-electron chi connectivity index (χ0n) is 20.5. The van der Waals surface area contributed by atoms with Crippen LogP contribution in [0.25, 0.3) is 0 Å². The van der Waals surface area contributed by atoms with Gasteiger partial charge >= 0.3 is 0 Å². The standard InChI is InChI=1S/C26H34N6O2/c1-26(2,3)25(34)31-9-7-19(8-10-31)24(33)29-21-12-20-11-18(13-27)5-6-23(20)32(15-21)16-22-14-28-17-30(22)4/h5-6,11,14,17,19,21H,7-10,12,15-16H2,1-4H3,(H,29,33). The number of aromatic nitrogens is 2. The van der Waals surface area contributed by atoms with Crippen molar-refractivity contribution in [1.82, 2.24) is 19.8 Å². The minimum Gasteiger partial charge on any atom is -0.363 e. The van der Waals surface area contributed by atoms with E-state index in [1.807, 2.05) is 61.7 Å². The highest BCUT2D eigenvalue weighted by Crippen LogP contribution is 2.30. The minimum atomic E-state index is -0.399. The van der Waals surface area contributed by atoms with Crippen molar-refractivity contribution in [3.63, 3.8) is 0 Å². The lowest BCUT2D eigenvalue weighted by atomic mass is 9.90. The predicted octanol–water partition coefficient (Wildman–Crippen LogP) is 2.62. The Morgan fingerprint density at radius 1 is 1.24 bits per heavy atom. The highest BCUT2D eigenvalue weighted by molar-refractivity contribution is 5.83. The highest BCUT2D eigenvalue weighted by atomic mass is 16.2. The summed E-state index contributed by atoms with van der Waals surface area (Å²) in [6.45, 7) is 8.42. The van der Waals surface area contributed by atoms with Crippen LogP contribution in [0.4, 0.5) is 5.69 Å². The number of likely N-dealkylation sites (tertiary alicyclic amines) is 1. The van der Waals surface area contributed by atoms with Crippen LogP contribution in [0.1, 0.15) is 50.4 Å². The minimum absolute atomic E-state index is 0.0450. The van der Waals surface area contributed by atoms with Gasteiger partial charge in [0.15, 0.2) is 0 Å². The Bertz CT molecular complexity index is 1100. The number of aryl methyl sites for hydroxylation is 1. The Balaban J connectivity index is 1.44. The lowest BCUT2D eigenvalue weighted by molar-refractivity contribution is -0.142. The van der Waals surface area contributed by atoms with E-state index in [9.17, 15) is 14.9 Å². The summed E-state index contributed by atoms with van der Waals surface area (Å²) in [5.74, 6) is 0.129. The van der Waals surface area contributed by atoms with Crippen LogP contribution in [0.15, 0.2) is 30.7 Å². The SMILES string of the molecule is Cn1cncc1CN1CC(NC(=O)C2CCN(C(=O)C(C)(C)C)CC2)Cc2cc(C#N)ccc21. The molecule has 0 spiro atoms. The van der Waals surface area contributed by atoms with Crippen molar-refractivity contribution in [1.29, 1.82) is 5.26 Å². The van der Waals surface area contributed by atoms with Crippen molar-refractivity contribution < 1.29 is 9.59 Å². The number of anilines is 1. The molecule has 0 aliphatic carbocycles. The maximum Gasteiger partial charge on any atom is 0.227 e. The third kappa shape index (κ3) is 5.09. The lowest BCUT2D eigenvalue weighted by Crippen LogP contribution is -2.51. The molecule has 4 rings (SSSR count). The lowest BCUT2D eigenvalue weighted by Gasteiger charge is -2.38. The third-order valence-corrected chi connectivity index (χ3v) is 6.87. The van der Waals surface area contributed by atoms with E-state index in [0.717, 1.165) is 16.9 Å². The quantitative estimate of drug-likeness (QED) is 0.754. The van der Waals surface area contributed by atoms with Gasteiger partial charge in [0.05, 0.1) is 36.2 Å². The molecule has 0 bridgehead atoms. The summed E-state index contributed by atoms with van der Waals surface area (Å²) in [5, 5.41) is 12.6. The number of fused-ring (bicyclic) bond motifs is 1. The number of amides is 2. The largest absolute Gasteiger partial charge is 0.363 e. The molecule has 2 amide bonds. The molecule has 2 aromatic rings. The number of hydrogen-bond acceptors (Lipinski definition) is 5. The third-order valence-electron chi connectivity index (χ3n) is 6.87. The van der Waals surface area contributed by atoms with Gasteiger partial charge in [0.25, 0.3) is 0 Å². The molecular formula is C26H34N6O2. The molecule has 1 N–H and O–H groups in total. The summed E-state index contributed by atoms with van der Waals surface area (Å²) in [6.07, 6.45) is 5.72. The molecule has 3 heterocycles. The molecule has 8 heteroatoms. The number of benzene rings is 1. The van der Waals surface area contributed by atoms with Crippen LogP contribution >= 0.6 is 0 Å². The first-order valence-electron chi connectivity index (χ1n) is 12.0. The van der Waals surface area contributed by atoms with Crippen molar-refractivity contribution in [3.05, 3.63) is 47.5 Å². The number of hydrogen-bond donors (Lipinski definition) is 1. The van der Waals surface area contributed by atoms with Crippen LogP contribution in [0, 0.1) is 22.7 Å². The summed E-state index contributed by atoms with van der Waals surface area (Å²) in [6, 6.07) is 7.96. The van der Waals surface area contributed by atoms with E-state index in [2.05, 4.69) is 21.3 Å². The van der Waals surface area contributed by atoms with Gasteiger partial charge in [0.1, 0.15) is 0 Å². The van der Waals surface area contributed by atoms with Crippen molar-refractivity contribution in [2.75, 3.05) is 24.5 Å². The first-order chi connectivity index (χ1) is 16.2. The monoisotopic (exact) mass is 462 g/mol.